The third-order valence-electron chi connectivity index (χ3n) is 12.4. The first-order valence-corrected chi connectivity index (χ1v) is 27.0. The van der Waals surface area contributed by atoms with Gasteiger partial charge in [0.05, 0.1) is 26.4 Å². The number of hydrogen-bond acceptors (Lipinski definition) is 10. The van der Waals surface area contributed by atoms with Crippen LogP contribution in [0.3, 0.4) is 0 Å². The van der Waals surface area contributed by atoms with Crippen LogP contribution in [0, 0.1) is 0 Å². The van der Waals surface area contributed by atoms with Gasteiger partial charge in [-0.25, -0.2) is 0 Å². The standard InChI is InChI=1S/C54H102O10/c1-7-11-13-15-21-29-37-47(61-45-9-3)50(40-32-24-20-28-34-42-52(56)60-6)64-54(58)44-36-26-18-17-25-35-43-53(57)63-49(39-31-22-16-14-12-8-2)48(62-46-10-4)38-30-23-19-27-33-41-51(55)59-5/h47-50H,7-46H2,1-6H3. The minimum atomic E-state index is -0.223. The summed E-state index contributed by atoms with van der Waals surface area (Å²) in [5, 5.41) is 0. The lowest BCUT2D eigenvalue weighted by atomic mass is 9.99. The molecule has 0 saturated carbocycles. The van der Waals surface area contributed by atoms with Crippen LogP contribution < -0.4 is 0 Å². The SMILES string of the molecule is CCCCCCCCC(OCCC)C(CCCCCCCC(=O)OC)OC(=O)CCCCCCCCC(=O)OC(CCCCCCCC)C(CCCCCCCC(=O)OC)OCCC. The first-order chi connectivity index (χ1) is 31.3. The predicted octanol–water partition coefficient (Wildman–Crippen LogP) is 14.8. The van der Waals surface area contributed by atoms with Gasteiger partial charge in [0.2, 0.25) is 0 Å². The lowest BCUT2D eigenvalue weighted by Crippen LogP contribution is -2.34. The van der Waals surface area contributed by atoms with Crippen molar-refractivity contribution in [2.75, 3.05) is 27.4 Å². The summed E-state index contributed by atoms with van der Waals surface area (Å²) in [6, 6.07) is 0. The van der Waals surface area contributed by atoms with E-state index in [4.69, 9.17) is 28.4 Å². The first-order valence-electron chi connectivity index (χ1n) is 27.0. The summed E-state index contributed by atoms with van der Waals surface area (Å²) in [5.74, 6) is -0.522. The second kappa shape index (κ2) is 47.3. The van der Waals surface area contributed by atoms with E-state index in [1.54, 1.807) is 0 Å². The Balaban J connectivity index is 4.97. The van der Waals surface area contributed by atoms with Crippen LogP contribution in [0.4, 0.5) is 0 Å². The molecule has 0 bridgehead atoms. The molecule has 0 aromatic carbocycles. The van der Waals surface area contributed by atoms with Crippen molar-refractivity contribution in [3.8, 4) is 0 Å². The highest BCUT2D eigenvalue weighted by Gasteiger charge is 2.27. The molecular formula is C54H102O10. The van der Waals surface area contributed by atoms with Crippen LogP contribution in [0.15, 0.2) is 0 Å². The third kappa shape index (κ3) is 39.0. The summed E-state index contributed by atoms with van der Waals surface area (Å²) >= 11 is 0. The summed E-state index contributed by atoms with van der Waals surface area (Å²) in [5.41, 5.74) is 0. The Labute approximate surface area is 393 Å². The maximum absolute atomic E-state index is 13.2. The second-order valence-electron chi connectivity index (χ2n) is 18.4. The Bertz CT molecular complexity index is 1070. The molecule has 4 atom stereocenters. The number of ether oxygens (including phenoxy) is 6. The van der Waals surface area contributed by atoms with Crippen molar-refractivity contribution in [2.24, 2.45) is 0 Å². The van der Waals surface area contributed by atoms with Crippen LogP contribution in [0.25, 0.3) is 0 Å². The van der Waals surface area contributed by atoms with E-state index in [1.807, 2.05) is 0 Å². The molecule has 0 rings (SSSR count). The van der Waals surface area contributed by atoms with Gasteiger partial charge in [0.15, 0.2) is 0 Å². The molecule has 4 unspecified atom stereocenters. The average Bonchev–Trinajstić information content (AvgIpc) is 3.29. The summed E-state index contributed by atoms with van der Waals surface area (Å²) in [7, 11) is 2.88. The Morgan fingerprint density at radius 3 is 0.828 bits per heavy atom. The topological polar surface area (TPSA) is 124 Å². The van der Waals surface area contributed by atoms with Gasteiger partial charge in [-0.05, 0) is 77.0 Å². The second-order valence-corrected chi connectivity index (χ2v) is 18.4. The lowest BCUT2D eigenvalue weighted by Gasteiger charge is -2.28. The summed E-state index contributed by atoms with van der Waals surface area (Å²) < 4.78 is 34.7. The molecule has 0 aliphatic rings. The molecule has 0 amide bonds. The fraction of sp³-hybridized carbons (Fsp3) is 0.926. The van der Waals surface area contributed by atoms with Gasteiger partial charge in [0, 0.05) is 38.9 Å². The normalized spacial score (nSPS) is 13.3. The quantitative estimate of drug-likeness (QED) is 0.0331. The zero-order valence-corrected chi connectivity index (χ0v) is 42.7. The van der Waals surface area contributed by atoms with Gasteiger partial charge in [0.1, 0.15) is 12.2 Å². The van der Waals surface area contributed by atoms with Crippen LogP contribution >= 0.6 is 0 Å². The summed E-state index contributed by atoms with van der Waals surface area (Å²) in [6.45, 7) is 10.1. The van der Waals surface area contributed by atoms with E-state index in [0.717, 1.165) is 161 Å². The minimum Gasteiger partial charge on any atom is -0.469 e. The van der Waals surface area contributed by atoms with Crippen LogP contribution in [0.1, 0.15) is 272 Å². The number of methoxy groups -OCH3 is 2. The van der Waals surface area contributed by atoms with Gasteiger partial charge in [-0.2, -0.15) is 0 Å². The largest absolute Gasteiger partial charge is 0.469 e. The highest BCUT2D eigenvalue weighted by atomic mass is 16.6. The number of unbranched alkanes of at least 4 members (excludes halogenated alkanes) is 23. The number of hydrogen-bond donors (Lipinski definition) is 0. The molecule has 378 valence electrons. The molecule has 0 radical (unpaired) electrons. The highest BCUT2D eigenvalue weighted by Crippen LogP contribution is 2.24. The minimum absolute atomic E-state index is 0.0667. The number of rotatable bonds is 49. The highest BCUT2D eigenvalue weighted by molar-refractivity contribution is 5.70. The average molecular weight is 911 g/mol. The first kappa shape index (κ1) is 61.8. The molecule has 0 fully saturated rings. The Hall–Kier alpha value is -2.20. The van der Waals surface area contributed by atoms with Crippen molar-refractivity contribution in [1.82, 2.24) is 0 Å². The third-order valence-corrected chi connectivity index (χ3v) is 12.4. The Morgan fingerprint density at radius 1 is 0.297 bits per heavy atom. The fourth-order valence-corrected chi connectivity index (χ4v) is 8.38. The molecule has 10 nitrogen and oxygen atoms in total. The zero-order chi connectivity index (χ0) is 47.1. The van der Waals surface area contributed by atoms with E-state index in [0.29, 0.717) is 38.9 Å². The Kier molecular flexibility index (Phi) is 45.7. The molecule has 10 heteroatoms. The van der Waals surface area contributed by atoms with Gasteiger partial charge in [-0.3, -0.25) is 19.2 Å². The Morgan fingerprint density at radius 2 is 0.547 bits per heavy atom. The van der Waals surface area contributed by atoms with Crippen LogP contribution in [-0.4, -0.2) is 75.7 Å². The number of carbonyl (C=O) groups is 4. The van der Waals surface area contributed by atoms with Crippen molar-refractivity contribution < 1.29 is 47.6 Å². The maximum atomic E-state index is 13.2. The number of carbonyl (C=O) groups excluding carboxylic acids is 4. The predicted molar refractivity (Wildman–Crippen MR) is 261 cm³/mol. The molecule has 0 aromatic heterocycles. The maximum Gasteiger partial charge on any atom is 0.306 e. The van der Waals surface area contributed by atoms with Crippen LogP contribution in [0.5, 0.6) is 0 Å². The summed E-state index contributed by atoms with van der Waals surface area (Å²) in [4.78, 5) is 49.3. The molecule has 64 heavy (non-hydrogen) atoms. The summed E-state index contributed by atoms with van der Waals surface area (Å²) in [6.07, 6.45) is 36.6. The molecule has 0 heterocycles. The van der Waals surface area contributed by atoms with Crippen molar-refractivity contribution in [1.29, 1.82) is 0 Å². The van der Waals surface area contributed by atoms with E-state index < -0.39 is 0 Å². The lowest BCUT2D eigenvalue weighted by molar-refractivity contribution is -0.160. The molecule has 0 N–H and O–H groups in total. The van der Waals surface area contributed by atoms with E-state index in [9.17, 15) is 19.2 Å². The molecule has 0 spiro atoms. The van der Waals surface area contributed by atoms with Crippen LogP contribution in [-0.2, 0) is 47.6 Å². The van der Waals surface area contributed by atoms with Crippen molar-refractivity contribution in [3.05, 3.63) is 0 Å². The molecule has 0 saturated heterocycles. The van der Waals surface area contributed by atoms with Gasteiger partial charge in [-0.15, -0.1) is 0 Å². The van der Waals surface area contributed by atoms with Gasteiger partial charge < -0.3 is 28.4 Å². The molecular weight excluding hydrogens is 809 g/mol. The van der Waals surface area contributed by atoms with E-state index >= 15 is 0 Å². The van der Waals surface area contributed by atoms with E-state index in [-0.39, 0.29) is 48.3 Å². The fourth-order valence-electron chi connectivity index (χ4n) is 8.38. The van der Waals surface area contributed by atoms with Crippen molar-refractivity contribution in [2.45, 2.75) is 296 Å². The smallest absolute Gasteiger partial charge is 0.306 e. The van der Waals surface area contributed by atoms with E-state index in [1.165, 1.54) is 72.0 Å². The van der Waals surface area contributed by atoms with Gasteiger partial charge >= 0.3 is 23.9 Å². The molecule has 0 aliphatic carbocycles. The van der Waals surface area contributed by atoms with E-state index in [2.05, 4.69) is 27.7 Å². The van der Waals surface area contributed by atoms with Crippen molar-refractivity contribution >= 4 is 23.9 Å². The zero-order valence-electron chi connectivity index (χ0n) is 42.7. The molecule has 0 aromatic rings. The van der Waals surface area contributed by atoms with Gasteiger partial charge in [-0.1, -0.05) is 169 Å². The number of esters is 4. The monoisotopic (exact) mass is 911 g/mol. The van der Waals surface area contributed by atoms with Crippen LogP contribution in [0.2, 0.25) is 0 Å². The molecule has 0 aliphatic heterocycles. The van der Waals surface area contributed by atoms with Gasteiger partial charge in [0.25, 0.3) is 0 Å². The van der Waals surface area contributed by atoms with Crippen molar-refractivity contribution in [3.63, 3.8) is 0 Å².